The summed E-state index contributed by atoms with van der Waals surface area (Å²) >= 11 is 0. The predicted octanol–water partition coefficient (Wildman–Crippen LogP) is 12.1. The SMILES string of the molecule is C[C@@H]1CC2C[C@H](C)CC(c3ccc(-c4nc(-c5ccc(C67CC(C[C@@H](C)C6)C[C@H](C)C7)cc5)nc(-c5cccc6cc(C#N)ccc56)n4)cc3)(C2)C1. The molecule has 1 heterocycles. The van der Waals surface area contributed by atoms with E-state index in [4.69, 9.17) is 15.0 Å². The third kappa shape index (κ3) is 6.05. The summed E-state index contributed by atoms with van der Waals surface area (Å²) in [4.78, 5) is 15.6. The lowest BCUT2D eigenvalue weighted by molar-refractivity contribution is 0.0779. The Bertz CT molecular complexity index is 2020. The maximum absolute atomic E-state index is 9.58. The average Bonchev–Trinajstić information content (AvgIpc) is 3.13. The summed E-state index contributed by atoms with van der Waals surface area (Å²) in [5, 5.41) is 11.6. The highest BCUT2D eigenvalue weighted by Crippen LogP contribution is 2.55. The van der Waals surface area contributed by atoms with Gasteiger partial charge in [0.05, 0.1) is 11.6 Å². The molecule has 4 saturated carbocycles. The molecule has 5 aromatic rings. The van der Waals surface area contributed by atoms with Gasteiger partial charge in [0.25, 0.3) is 0 Å². The van der Waals surface area contributed by atoms with Crippen LogP contribution in [0.4, 0.5) is 0 Å². The number of hydrogen-bond donors (Lipinski definition) is 0. The molecular formula is C48H52N4. The van der Waals surface area contributed by atoms with Crippen LogP contribution in [0, 0.1) is 46.8 Å². The summed E-state index contributed by atoms with van der Waals surface area (Å²) in [7, 11) is 0. The number of rotatable bonds is 5. The van der Waals surface area contributed by atoms with Crippen molar-refractivity contribution >= 4 is 10.8 Å². The standard InChI is InChI=1S/C48H52N4/c1-30-18-35-19-31(2)24-47(23-30,27-35)40-13-9-37(10-14-40)44-50-45(52-46(51-44)43-7-5-6-39-22-34(29-49)8-17-42(39)43)38-11-15-41(16-12-38)48-25-32(3)20-36(28-48)21-33(4)26-48/h5-17,22,30-33,35-36H,18-21,23-28H2,1-4H3/t30-,31+,32-,33+,35?,36?,47?,48?. The van der Waals surface area contributed by atoms with Crippen LogP contribution < -0.4 is 0 Å². The minimum atomic E-state index is 0.284. The molecule has 4 bridgehead atoms. The van der Waals surface area contributed by atoms with E-state index >= 15 is 0 Å². The van der Waals surface area contributed by atoms with E-state index in [1.807, 2.05) is 24.3 Å². The van der Waals surface area contributed by atoms with E-state index in [9.17, 15) is 5.26 Å². The molecule has 9 rings (SSSR count). The number of nitriles is 1. The highest BCUT2D eigenvalue weighted by atomic mass is 15.0. The van der Waals surface area contributed by atoms with E-state index in [0.717, 1.165) is 63.0 Å². The monoisotopic (exact) mass is 684 g/mol. The Morgan fingerprint density at radius 3 is 1.46 bits per heavy atom. The van der Waals surface area contributed by atoms with Gasteiger partial charge in [0.2, 0.25) is 0 Å². The first-order valence-electron chi connectivity index (χ1n) is 20.1. The van der Waals surface area contributed by atoms with E-state index < -0.39 is 0 Å². The molecule has 0 aliphatic heterocycles. The largest absolute Gasteiger partial charge is 0.208 e. The summed E-state index contributed by atoms with van der Waals surface area (Å²) in [5.41, 5.74) is 7.20. The number of aromatic nitrogens is 3. The van der Waals surface area contributed by atoms with Gasteiger partial charge in [0.15, 0.2) is 17.5 Å². The molecule has 0 spiro atoms. The summed E-state index contributed by atoms with van der Waals surface area (Å²) in [6, 6.07) is 32.9. The molecule has 0 saturated heterocycles. The number of benzene rings is 4. The molecule has 4 aliphatic carbocycles. The van der Waals surface area contributed by atoms with Gasteiger partial charge in [0, 0.05) is 16.7 Å². The Labute approximate surface area is 310 Å². The quantitative estimate of drug-likeness (QED) is 0.185. The fourth-order valence-electron chi connectivity index (χ4n) is 12.4. The fraction of sp³-hybridized carbons (Fsp3) is 0.458. The van der Waals surface area contributed by atoms with E-state index in [1.165, 1.54) is 75.3 Å². The van der Waals surface area contributed by atoms with Gasteiger partial charge in [-0.05, 0) is 145 Å². The van der Waals surface area contributed by atoms with E-state index in [-0.39, 0.29) is 10.8 Å². The molecule has 52 heavy (non-hydrogen) atoms. The van der Waals surface area contributed by atoms with Gasteiger partial charge in [-0.25, -0.2) is 15.0 Å². The minimum Gasteiger partial charge on any atom is -0.208 e. The molecule has 4 aliphatic rings. The smallest absolute Gasteiger partial charge is 0.164 e. The molecule has 0 N–H and O–H groups in total. The molecule has 0 amide bonds. The number of fused-ring (bicyclic) bond motifs is 5. The first-order valence-corrected chi connectivity index (χ1v) is 20.1. The van der Waals surface area contributed by atoms with Crippen LogP contribution in [-0.4, -0.2) is 15.0 Å². The topological polar surface area (TPSA) is 62.5 Å². The van der Waals surface area contributed by atoms with Crippen molar-refractivity contribution in [2.24, 2.45) is 35.5 Å². The van der Waals surface area contributed by atoms with Crippen LogP contribution in [0.3, 0.4) is 0 Å². The summed E-state index contributed by atoms with van der Waals surface area (Å²) in [6.45, 7) is 9.84. The second-order valence-corrected chi connectivity index (χ2v) is 18.2. The van der Waals surface area contributed by atoms with Crippen LogP contribution in [0.2, 0.25) is 0 Å². The van der Waals surface area contributed by atoms with E-state index in [0.29, 0.717) is 23.0 Å². The van der Waals surface area contributed by atoms with Crippen LogP contribution in [0.5, 0.6) is 0 Å². The first kappa shape index (κ1) is 33.5. The van der Waals surface area contributed by atoms with Crippen molar-refractivity contribution in [2.45, 2.75) is 103 Å². The average molecular weight is 685 g/mol. The second kappa shape index (κ2) is 12.9. The third-order valence-electron chi connectivity index (χ3n) is 13.7. The number of nitrogens with zero attached hydrogens (tertiary/aromatic N) is 4. The zero-order valence-electron chi connectivity index (χ0n) is 31.4. The van der Waals surface area contributed by atoms with Gasteiger partial charge in [-0.3, -0.25) is 0 Å². The van der Waals surface area contributed by atoms with Crippen LogP contribution >= 0.6 is 0 Å². The lowest BCUT2D eigenvalue weighted by Gasteiger charge is -2.50. The third-order valence-corrected chi connectivity index (χ3v) is 13.7. The molecule has 4 nitrogen and oxygen atoms in total. The second-order valence-electron chi connectivity index (χ2n) is 18.2. The highest BCUT2D eigenvalue weighted by Gasteiger charge is 2.46. The van der Waals surface area contributed by atoms with Crippen molar-refractivity contribution < 1.29 is 0 Å². The van der Waals surface area contributed by atoms with E-state index in [1.54, 1.807) is 0 Å². The zero-order chi connectivity index (χ0) is 35.6. The minimum absolute atomic E-state index is 0.284. The molecule has 4 aromatic carbocycles. The van der Waals surface area contributed by atoms with Crippen molar-refractivity contribution in [3.8, 4) is 40.2 Å². The van der Waals surface area contributed by atoms with Crippen molar-refractivity contribution in [2.75, 3.05) is 0 Å². The summed E-state index contributed by atoms with van der Waals surface area (Å²) in [6.07, 6.45) is 13.3. The number of hydrogen-bond acceptors (Lipinski definition) is 4. The van der Waals surface area contributed by atoms with E-state index in [2.05, 4.69) is 94.4 Å². The van der Waals surface area contributed by atoms with Crippen molar-refractivity contribution in [3.05, 3.63) is 102 Å². The molecule has 264 valence electrons. The van der Waals surface area contributed by atoms with Gasteiger partial charge in [0.1, 0.15) is 0 Å². The normalized spacial score (nSPS) is 31.2. The zero-order valence-corrected chi connectivity index (χ0v) is 31.4. The summed E-state index contributed by atoms with van der Waals surface area (Å²) in [5.74, 6) is 6.88. The fourth-order valence-corrected chi connectivity index (χ4v) is 12.4. The van der Waals surface area contributed by atoms with Gasteiger partial charge < -0.3 is 0 Å². The van der Waals surface area contributed by atoms with Crippen LogP contribution in [0.25, 0.3) is 44.9 Å². The molecule has 8 atom stereocenters. The molecule has 1 aromatic heterocycles. The molecule has 4 unspecified atom stereocenters. The molecule has 4 heteroatoms. The Balaban J connectivity index is 1.12. The molecule has 4 fully saturated rings. The van der Waals surface area contributed by atoms with Crippen molar-refractivity contribution in [3.63, 3.8) is 0 Å². The van der Waals surface area contributed by atoms with Crippen LogP contribution in [0.1, 0.15) is 109 Å². The first-order chi connectivity index (χ1) is 25.2. The maximum atomic E-state index is 9.58. The Morgan fingerprint density at radius 1 is 0.538 bits per heavy atom. The maximum Gasteiger partial charge on any atom is 0.164 e. The van der Waals surface area contributed by atoms with Gasteiger partial charge in [-0.15, -0.1) is 0 Å². The molecular weight excluding hydrogens is 633 g/mol. The Kier molecular flexibility index (Phi) is 8.33. The van der Waals surface area contributed by atoms with Crippen LogP contribution in [-0.2, 0) is 10.8 Å². The Hall–Kier alpha value is -4.36. The highest BCUT2D eigenvalue weighted by molar-refractivity contribution is 5.96. The predicted molar refractivity (Wildman–Crippen MR) is 212 cm³/mol. The lowest BCUT2D eigenvalue weighted by Crippen LogP contribution is -2.42. The lowest BCUT2D eigenvalue weighted by atomic mass is 9.54. The van der Waals surface area contributed by atoms with Crippen molar-refractivity contribution in [1.29, 1.82) is 5.26 Å². The van der Waals surface area contributed by atoms with Gasteiger partial charge in [-0.1, -0.05) is 100 Å². The molecule has 0 radical (unpaired) electrons. The summed E-state index contributed by atoms with van der Waals surface area (Å²) < 4.78 is 0. The van der Waals surface area contributed by atoms with Gasteiger partial charge in [-0.2, -0.15) is 5.26 Å². The van der Waals surface area contributed by atoms with Crippen molar-refractivity contribution in [1.82, 2.24) is 15.0 Å². The van der Waals surface area contributed by atoms with Gasteiger partial charge >= 0.3 is 0 Å². The Morgan fingerprint density at radius 2 is 1.00 bits per heavy atom. The van der Waals surface area contributed by atoms with Crippen LogP contribution in [0.15, 0.2) is 84.9 Å².